The molecule has 6 aromatic carbocycles. The molecule has 0 N–H and O–H groups in total. The zero-order chi connectivity index (χ0) is 34.1. The minimum atomic E-state index is 0. The summed E-state index contributed by atoms with van der Waals surface area (Å²) in [7, 11) is 0. The Kier molecular flexibility index (Phi) is 12.3. The SMILES string of the molecule is Brc1cccc(-c2nccc3ccccc23)c1.Brc1cccc(-c2nccc3ccccc23)c1.[Ir].c1ccc(-c2nccc3ccccc23)cc1. The summed E-state index contributed by atoms with van der Waals surface area (Å²) >= 11 is 6.99. The van der Waals surface area contributed by atoms with Gasteiger partial charge in [-0.1, -0.05) is 159 Å². The Morgan fingerprint density at radius 3 is 1.04 bits per heavy atom. The Morgan fingerprint density at radius 2 is 0.647 bits per heavy atom. The average Bonchev–Trinajstić information content (AvgIpc) is 3.18. The first-order chi connectivity index (χ1) is 24.6. The predicted octanol–water partition coefficient (Wildman–Crippen LogP) is 13.2. The molecule has 3 aromatic heterocycles. The Labute approximate surface area is 328 Å². The van der Waals surface area contributed by atoms with Gasteiger partial charge in [0.05, 0.1) is 17.1 Å². The van der Waals surface area contributed by atoms with Crippen molar-refractivity contribution in [2.75, 3.05) is 0 Å². The fraction of sp³-hybridized carbons (Fsp3) is 0. The molecule has 6 heteroatoms. The Morgan fingerprint density at radius 1 is 0.314 bits per heavy atom. The van der Waals surface area contributed by atoms with E-state index in [1.54, 1.807) is 0 Å². The summed E-state index contributed by atoms with van der Waals surface area (Å²) in [6.45, 7) is 0. The summed E-state index contributed by atoms with van der Waals surface area (Å²) in [6.07, 6.45) is 5.59. The van der Waals surface area contributed by atoms with Gasteiger partial charge in [-0.15, -0.1) is 0 Å². The zero-order valence-electron chi connectivity index (χ0n) is 27.3. The minimum Gasteiger partial charge on any atom is -0.256 e. The van der Waals surface area contributed by atoms with E-state index in [4.69, 9.17) is 0 Å². The number of hydrogen-bond acceptors (Lipinski definition) is 3. The molecule has 0 spiro atoms. The molecule has 0 bridgehead atoms. The normalized spacial score (nSPS) is 10.4. The third-order valence-corrected chi connectivity index (χ3v) is 9.25. The van der Waals surface area contributed by atoms with Crippen LogP contribution in [0.1, 0.15) is 0 Å². The summed E-state index contributed by atoms with van der Waals surface area (Å²) in [5.41, 5.74) is 6.55. The Hall–Kier alpha value is -4.84. The van der Waals surface area contributed by atoms with Gasteiger partial charge in [0.2, 0.25) is 0 Å². The molecule has 249 valence electrons. The first kappa shape index (κ1) is 36.0. The van der Waals surface area contributed by atoms with Gasteiger partial charge >= 0.3 is 0 Å². The molecule has 0 aliphatic rings. The van der Waals surface area contributed by atoms with Gasteiger partial charge in [0.15, 0.2) is 0 Å². The van der Waals surface area contributed by atoms with Crippen LogP contribution < -0.4 is 0 Å². The Bertz CT molecular complexity index is 2400. The molecule has 0 aliphatic heterocycles. The third kappa shape index (κ3) is 8.73. The molecule has 1 radical (unpaired) electrons. The third-order valence-electron chi connectivity index (χ3n) is 8.26. The maximum absolute atomic E-state index is 4.50. The quantitative estimate of drug-likeness (QED) is 0.177. The van der Waals surface area contributed by atoms with Crippen LogP contribution in [-0.2, 0) is 20.1 Å². The summed E-state index contributed by atoms with van der Waals surface area (Å²) in [5.74, 6) is 0. The van der Waals surface area contributed by atoms with Crippen molar-refractivity contribution >= 4 is 64.2 Å². The summed E-state index contributed by atoms with van der Waals surface area (Å²) in [5, 5.41) is 7.25. The molecule has 0 saturated heterocycles. The molecular weight excluding hydrogens is 935 g/mol. The molecule has 0 unspecified atom stereocenters. The van der Waals surface area contributed by atoms with E-state index < -0.39 is 0 Å². The van der Waals surface area contributed by atoms with Crippen molar-refractivity contribution in [3.63, 3.8) is 0 Å². The van der Waals surface area contributed by atoms with Gasteiger partial charge in [0.1, 0.15) is 0 Å². The van der Waals surface area contributed by atoms with Crippen LogP contribution in [0.15, 0.2) is 197 Å². The fourth-order valence-electron chi connectivity index (χ4n) is 5.92. The number of benzene rings is 6. The summed E-state index contributed by atoms with van der Waals surface area (Å²) in [4.78, 5) is 13.5. The topological polar surface area (TPSA) is 38.7 Å². The number of rotatable bonds is 3. The van der Waals surface area contributed by atoms with Gasteiger partial charge in [-0.2, -0.15) is 0 Å². The number of fused-ring (bicyclic) bond motifs is 3. The van der Waals surface area contributed by atoms with Gasteiger partial charge in [-0.05, 0) is 58.6 Å². The smallest absolute Gasteiger partial charge is 0.0780 e. The minimum absolute atomic E-state index is 0. The van der Waals surface area contributed by atoms with E-state index in [2.05, 4.69) is 132 Å². The second kappa shape index (κ2) is 17.4. The maximum Gasteiger partial charge on any atom is 0.0780 e. The second-order valence-electron chi connectivity index (χ2n) is 11.5. The van der Waals surface area contributed by atoms with Crippen molar-refractivity contribution in [3.05, 3.63) is 197 Å². The van der Waals surface area contributed by atoms with Crippen LogP contribution in [-0.4, -0.2) is 15.0 Å². The number of aromatic nitrogens is 3. The van der Waals surface area contributed by atoms with E-state index in [9.17, 15) is 0 Å². The molecule has 0 fully saturated rings. The summed E-state index contributed by atoms with van der Waals surface area (Å²) < 4.78 is 2.15. The van der Waals surface area contributed by atoms with Crippen molar-refractivity contribution in [2.45, 2.75) is 0 Å². The zero-order valence-corrected chi connectivity index (χ0v) is 32.9. The molecule has 0 amide bonds. The Balaban J connectivity index is 0.000000131. The number of pyridine rings is 3. The van der Waals surface area contributed by atoms with Crippen LogP contribution in [0, 0.1) is 0 Å². The van der Waals surface area contributed by atoms with Crippen molar-refractivity contribution in [1.29, 1.82) is 0 Å². The standard InChI is InChI=1S/2C15H10BrN.C15H11N.Ir/c2*16-13-6-3-5-12(10-13)15-14-7-2-1-4-11(14)8-9-17-15;1-2-7-13(8-3-1)15-14-9-5-4-6-12(14)10-11-16-15;/h2*1-10H;1-11H;. The van der Waals surface area contributed by atoms with Crippen molar-refractivity contribution in [1.82, 2.24) is 15.0 Å². The fourth-order valence-corrected chi connectivity index (χ4v) is 6.72. The van der Waals surface area contributed by atoms with Crippen LogP contribution >= 0.6 is 31.9 Å². The van der Waals surface area contributed by atoms with Crippen LogP contribution in [0.25, 0.3) is 66.1 Å². The van der Waals surface area contributed by atoms with Crippen LogP contribution in [0.2, 0.25) is 0 Å². The molecule has 9 aromatic rings. The molecular formula is C45H31Br2IrN3. The monoisotopic (exact) mass is 964 g/mol. The number of hydrogen-bond donors (Lipinski definition) is 0. The van der Waals surface area contributed by atoms with Gasteiger partial charge < -0.3 is 0 Å². The predicted molar refractivity (Wildman–Crippen MR) is 217 cm³/mol. The van der Waals surface area contributed by atoms with Crippen molar-refractivity contribution in [2.24, 2.45) is 0 Å². The molecule has 0 aliphatic carbocycles. The van der Waals surface area contributed by atoms with Gasteiger partial charge in [-0.3, -0.25) is 15.0 Å². The van der Waals surface area contributed by atoms with Gasteiger partial charge in [-0.25, -0.2) is 0 Å². The maximum atomic E-state index is 4.50. The van der Waals surface area contributed by atoms with E-state index in [-0.39, 0.29) is 20.1 Å². The molecule has 3 heterocycles. The van der Waals surface area contributed by atoms with E-state index >= 15 is 0 Å². The van der Waals surface area contributed by atoms with Crippen molar-refractivity contribution in [3.8, 4) is 33.8 Å². The first-order valence-electron chi connectivity index (χ1n) is 16.2. The number of halogens is 2. The molecule has 0 atom stereocenters. The molecule has 9 rings (SSSR count). The van der Waals surface area contributed by atoms with E-state index in [1.165, 1.54) is 37.9 Å². The van der Waals surface area contributed by atoms with Gasteiger partial charge in [0, 0.05) is 80.5 Å². The van der Waals surface area contributed by atoms with E-state index in [0.29, 0.717) is 0 Å². The van der Waals surface area contributed by atoms with Crippen LogP contribution in [0.4, 0.5) is 0 Å². The van der Waals surface area contributed by atoms with Crippen molar-refractivity contribution < 1.29 is 20.1 Å². The van der Waals surface area contributed by atoms with Crippen LogP contribution in [0.5, 0.6) is 0 Å². The second-order valence-corrected chi connectivity index (χ2v) is 13.4. The van der Waals surface area contributed by atoms with E-state index in [0.717, 1.165) is 37.2 Å². The van der Waals surface area contributed by atoms with Crippen LogP contribution in [0.3, 0.4) is 0 Å². The summed E-state index contributed by atoms with van der Waals surface area (Å²) in [6, 6.07) is 57.8. The molecule has 0 saturated carbocycles. The largest absolute Gasteiger partial charge is 0.256 e. The number of nitrogens with zero attached hydrogens (tertiary/aromatic N) is 3. The van der Waals surface area contributed by atoms with Gasteiger partial charge in [0.25, 0.3) is 0 Å². The first-order valence-corrected chi connectivity index (χ1v) is 17.8. The molecule has 51 heavy (non-hydrogen) atoms. The molecule has 3 nitrogen and oxygen atoms in total. The van der Waals surface area contributed by atoms with E-state index in [1.807, 2.05) is 104 Å². The average molecular weight is 966 g/mol.